The van der Waals surface area contributed by atoms with Gasteiger partial charge < -0.3 is 19.8 Å². The summed E-state index contributed by atoms with van der Waals surface area (Å²) in [7, 11) is 1.56. The first kappa shape index (κ1) is 75.4. The molecule has 452 valence electrons. The highest BCUT2D eigenvalue weighted by molar-refractivity contribution is 7.47. The molecule has 0 spiro atoms. The minimum absolute atomic E-state index is 0.0543. The van der Waals surface area contributed by atoms with Crippen LogP contribution in [0.25, 0.3) is 0 Å². The molecule has 0 aliphatic carbocycles. The van der Waals surface area contributed by atoms with E-state index in [2.05, 4.69) is 104 Å². The molecule has 0 bridgehead atoms. The highest BCUT2D eigenvalue weighted by Gasteiger charge is 2.27. The van der Waals surface area contributed by atoms with Gasteiger partial charge in [-0.2, -0.15) is 0 Å². The number of aliphatic hydroxyl groups excluding tert-OH is 1. The lowest BCUT2D eigenvalue weighted by Gasteiger charge is -2.25. The predicted octanol–water partition coefficient (Wildman–Crippen LogP) is 20.5. The van der Waals surface area contributed by atoms with Crippen LogP contribution in [0.1, 0.15) is 284 Å². The van der Waals surface area contributed by atoms with Crippen LogP contribution in [0.2, 0.25) is 0 Å². The van der Waals surface area contributed by atoms with Gasteiger partial charge in [0.1, 0.15) is 13.2 Å². The van der Waals surface area contributed by atoms with Crippen LogP contribution in [0, 0.1) is 0 Å². The van der Waals surface area contributed by atoms with Gasteiger partial charge >= 0.3 is 7.82 Å². The van der Waals surface area contributed by atoms with Crippen molar-refractivity contribution in [2.24, 2.45) is 0 Å². The average Bonchev–Trinajstić information content (AvgIpc) is 3.41. The van der Waals surface area contributed by atoms with Crippen LogP contribution in [-0.4, -0.2) is 73.4 Å². The topological polar surface area (TPSA) is 105 Å². The molecule has 3 N–H and O–H groups in total. The molecule has 0 saturated carbocycles. The number of carbonyl (C=O) groups excluding carboxylic acids is 1. The molecule has 0 aromatic rings. The second-order valence-electron chi connectivity index (χ2n) is 23.1. The maximum Gasteiger partial charge on any atom is 0.472 e. The fourth-order valence-corrected chi connectivity index (χ4v) is 9.98. The van der Waals surface area contributed by atoms with E-state index >= 15 is 0 Å². The Hall–Kier alpha value is -2.58. The van der Waals surface area contributed by atoms with Crippen LogP contribution in [0.4, 0.5) is 0 Å². The third kappa shape index (κ3) is 61.0. The second-order valence-corrected chi connectivity index (χ2v) is 24.6. The molecule has 1 amide bonds. The maximum atomic E-state index is 13.0. The van der Waals surface area contributed by atoms with E-state index in [1.54, 1.807) is 6.08 Å². The van der Waals surface area contributed by atoms with Gasteiger partial charge in [0.15, 0.2) is 0 Å². The molecule has 0 aromatic heterocycles. The molecule has 0 aliphatic rings. The molecule has 0 rings (SSSR count). The number of rotatable bonds is 59. The normalized spacial score (nSPS) is 14.4. The van der Waals surface area contributed by atoms with Gasteiger partial charge in [0, 0.05) is 6.42 Å². The molecule has 0 fully saturated rings. The predicted molar refractivity (Wildman–Crippen MR) is 341 cm³/mol. The number of nitrogens with zero attached hydrogens (tertiary/aromatic N) is 1. The van der Waals surface area contributed by atoms with E-state index in [0.717, 1.165) is 77.0 Å². The van der Waals surface area contributed by atoms with Crippen molar-refractivity contribution in [1.29, 1.82) is 0 Å². The van der Waals surface area contributed by atoms with Crippen molar-refractivity contribution in [1.82, 2.24) is 5.32 Å². The molecule has 0 radical (unpaired) electrons. The van der Waals surface area contributed by atoms with Gasteiger partial charge in [0.25, 0.3) is 0 Å². The molecule has 3 atom stereocenters. The zero-order valence-electron chi connectivity index (χ0n) is 51.6. The van der Waals surface area contributed by atoms with E-state index in [1.807, 2.05) is 27.2 Å². The number of carbonyl (C=O) groups is 1. The van der Waals surface area contributed by atoms with Gasteiger partial charge in [-0.05, 0) is 83.5 Å². The first-order valence-corrected chi connectivity index (χ1v) is 34.1. The van der Waals surface area contributed by atoms with Crippen molar-refractivity contribution in [3.63, 3.8) is 0 Å². The van der Waals surface area contributed by atoms with Crippen molar-refractivity contribution in [2.75, 3.05) is 40.9 Å². The number of hydrogen-bond acceptors (Lipinski definition) is 5. The monoisotopic (exact) mass is 1110 g/mol. The number of phosphoric ester groups is 1. The summed E-state index contributed by atoms with van der Waals surface area (Å²) in [5.41, 5.74) is 0. The van der Waals surface area contributed by atoms with E-state index in [1.165, 1.54) is 186 Å². The Balaban J connectivity index is 4.06. The van der Waals surface area contributed by atoms with Crippen LogP contribution in [0.15, 0.2) is 97.2 Å². The van der Waals surface area contributed by atoms with Crippen LogP contribution in [0.3, 0.4) is 0 Å². The number of likely N-dealkylation sites (N-methyl/N-ethyl adjacent to an activating group) is 1. The average molecular weight is 1110 g/mol. The first-order valence-electron chi connectivity index (χ1n) is 32.6. The Kier molecular flexibility index (Phi) is 57.1. The third-order valence-electron chi connectivity index (χ3n) is 14.3. The van der Waals surface area contributed by atoms with Gasteiger partial charge in [-0.1, -0.05) is 291 Å². The van der Waals surface area contributed by atoms with Gasteiger partial charge in [0.2, 0.25) is 5.91 Å². The van der Waals surface area contributed by atoms with E-state index in [0.29, 0.717) is 17.4 Å². The van der Waals surface area contributed by atoms with Crippen molar-refractivity contribution >= 4 is 13.7 Å². The zero-order valence-corrected chi connectivity index (χ0v) is 52.5. The summed E-state index contributed by atoms with van der Waals surface area (Å²) in [6, 6.07) is -0.867. The van der Waals surface area contributed by atoms with Gasteiger partial charge in [0.05, 0.1) is 39.9 Å². The van der Waals surface area contributed by atoms with Crippen LogP contribution >= 0.6 is 7.82 Å². The molecular weight excluding hydrogens is 984 g/mol. The Labute approximate surface area is 483 Å². The second kappa shape index (κ2) is 59.1. The fourth-order valence-electron chi connectivity index (χ4n) is 9.24. The summed E-state index contributed by atoms with van der Waals surface area (Å²) in [6.45, 7) is 4.70. The molecule has 0 aliphatic heterocycles. The lowest BCUT2D eigenvalue weighted by atomic mass is 10.0. The SMILES string of the molecule is CC/C=C\C/C=C\C/C=C\C/C=C\C/C=C\C/C=C\CCCCCCCCCCCCCCCCCCCCC(=O)NC(COP(=O)(O)OCC[N+](C)(C)C)C(O)/C=C/CC/C=C/CCCCCCCCCCCCCCC. The van der Waals surface area contributed by atoms with Gasteiger partial charge in [-0.3, -0.25) is 13.8 Å². The summed E-state index contributed by atoms with van der Waals surface area (Å²) in [4.78, 5) is 23.4. The Morgan fingerprint density at radius 1 is 0.449 bits per heavy atom. The highest BCUT2D eigenvalue weighted by Crippen LogP contribution is 2.43. The summed E-state index contributed by atoms with van der Waals surface area (Å²) in [6.07, 6.45) is 85.4. The van der Waals surface area contributed by atoms with E-state index in [9.17, 15) is 19.4 Å². The Bertz CT molecular complexity index is 1590. The summed E-state index contributed by atoms with van der Waals surface area (Å²) in [5.74, 6) is -0.186. The minimum Gasteiger partial charge on any atom is -0.387 e. The number of amides is 1. The number of aliphatic hydroxyl groups is 1. The Morgan fingerprint density at radius 3 is 1.18 bits per heavy atom. The van der Waals surface area contributed by atoms with E-state index in [4.69, 9.17) is 9.05 Å². The summed E-state index contributed by atoms with van der Waals surface area (Å²) >= 11 is 0. The summed E-state index contributed by atoms with van der Waals surface area (Å²) in [5, 5.41) is 13.9. The van der Waals surface area contributed by atoms with Gasteiger partial charge in [-0.25, -0.2) is 4.57 Å². The number of hydrogen-bond donors (Lipinski definition) is 3. The van der Waals surface area contributed by atoms with Gasteiger partial charge in [-0.15, -0.1) is 0 Å². The number of unbranched alkanes of at least 4 members (excludes halogenated alkanes) is 32. The number of nitrogens with one attached hydrogen (secondary N) is 1. The van der Waals surface area contributed by atoms with Crippen molar-refractivity contribution in [3.05, 3.63) is 97.2 Å². The molecule has 0 aromatic carbocycles. The lowest BCUT2D eigenvalue weighted by Crippen LogP contribution is -2.45. The van der Waals surface area contributed by atoms with Crippen LogP contribution in [0.5, 0.6) is 0 Å². The molecule has 0 heterocycles. The molecule has 9 heteroatoms. The Morgan fingerprint density at radius 2 is 0.782 bits per heavy atom. The smallest absolute Gasteiger partial charge is 0.387 e. The number of phosphoric acid groups is 1. The maximum absolute atomic E-state index is 13.0. The number of allylic oxidation sites excluding steroid dienone is 15. The highest BCUT2D eigenvalue weighted by atomic mass is 31.2. The van der Waals surface area contributed by atoms with Crippen LogP contribution < -0.4 is 5.32 Å². The number of quaternary nitrogens is 1. The minimum atomic E-state index is -4.36. The van der Waals surface area contributed by atoms with Crippen molar-refractivity contribution in [2.45, 2.75) is 296 Å². The zero-order chi connectivity index (χ0) is 57.0. The van der Waals surface area contributed by atoms with E-state index < -0.39 is 20.0 Å². The first-order chi connectivity index (χ1) is 38.0. The molecule has 78 heavy (non-hydrogen) atoms. The van der Waals surface area contributed by atoms with Crippen LogP contribution in [-0.2, 0) is 18.4 Å². The lowest BCUT2D eigenvalue weighted by molar-refractivity contribution is -0.870. The largest absolute Gasteiger partial charge is 0.472 e. The molecule has 0 saturated heterocycles. The molecular formula is C69H126N2O6P+. The fraction of sp³-hybridized carbons (Fsp3) is 0.754. The van der Waals surface area contributed by atoms with Crippen molar-refractivity contribution in [3.8, 4) is 0 Å². The standard InChI is InChI=1S/C69H125N2O6P/c1-6-8-10-12-14-16-18-20-22-24-26-27-28-29-30-31-32-33-34-35-36-37-38-39-40-41-42-43-45-47-49-51-53-55-57-59-61-63-69(73)70-67(66-77-78(74,75)76-65-64-71(3,4)5)68(72)62-60-58-56-54-52-50-48-46-44-25-23-21-19-17-15-13-11-9-7-2/h8,10,14,16,20,22,26-27,29-30,32-33,52,54,60,62,67-68,72H,6-7,9,11-13,15,17-19,21,23-25,28,31,34-51,53,55-59,61,63-66H2,1-5H3,(H-,70,73,74,75)/p+1/b10-8-,16-14-,22-20-,27-26-,30-29-,33-32-,54-52+,62-60+. The van der Waals surface area contributed by atoms with E-state index in [-0.39, 0.29) is 19.1 Å². The van der Waals surface area contributed by atoms with Crippen molar-refractivity contribution < 1.29 is 32.9 Å². The third-order valence-corrected chi connectivity index (χ3v) is 15.3. The molecule has 8 nitrogen and oxygen atoms in total. The molecule has 3 unspecified atom stereocenters. The summed E-state index contributed by atoms with van der Waals surface area (Å²) < 4.78 is 23.7. The quantitative estimate of drug-likeness (QED) is 0.0243.